The Morgan fingerprint density at radius 3 is 1.82 bits per heavy atom. The standard InChI is InChI=1S/C13H7Cl4NO4/c14-8-6-7(9(15)11(17)10(8)16)13(21)18(12(6)20)22-5(19)3-4-1-2-4/h4H,1-3H2. The molecule has 2 amide bonds. The van der Waals surface area contributed by atoms with Crippen molar-refractivity contribution in [3.8, 4) is 0 Å². The molecule has 0 bridgehead atoms. The van der Waals surface area contributed by atoms with Gasteiger partial charge in [0.25, 0.3) is 11.8 Å². The van der Waals surface area contributed by atoms with Gasteiger partial charge in [0.2, 0.25) is 0 Å². The summed E-state index contributed by atoms with van der Waals surface area (Å²) >= 11 is 23.7. The van der Waals surface area contributed by atoms with Crippen LogP contribution in [0.5, 0.6) is 0 Å². The Balaban J connectivity index is 1.96. The van der Waals surface area contributed by atoms with E-state index in [1.807, 2.05) is 0 Å². The molecule has 5 nitrogen and oxygen atoms in total. The number of halogens is 4. The molecule has 1 heterocycles. The topological polar surface area (TPSA) is 63.7 Å². The van der Waals surface area contributed by atoms with Crippen molar-refractivity contribution < 1.29 is 19.2 Å². The highest BCUT2D eigenvalue weighted by atomic mass is 35.5. The highest BCUT2D eigenvalue weighted by Crippen LogP contribution is 2.45. The minimum Gasteiger partial charge on any atom is -0.330 e. The molecule has 0 unspecified atom stereocenters. The van der Waals surface area contributed by atoms with Crippen LogP contribution in [-0.4, -0.2) is 22.8 Å². The molecule has 0 aromatic heterocycles. The molecule has 3 rings (SSSR count). The number of hydrogen-bond donors (Lipinski definition) is 0. The molecule has 1 aliphatic carbocycles. The maximum absolute atomic E-state index is 12.3. The SMILES string of the molecule is O=C(CC1CC1)ON1C(=O)c2c(Cl)c(Cl)c(Cl)c(Cl)c2C1=O. The van der Waals surface area contributed by atoms with E-state index in [0.717, 1.165) is 12.8 Å². The van der Waals surface area contributed by atoms with Gasteiger partial charge in [-0.3, -0.25) is 9.59 Å². The minimum absolute atomic E-state index is 0.139. The summed E-state index contributed by atoms with van der Waals surface area (Å²) in [4.78, 5) is 41.1. The highest BCUT2D eigenvalue weighted by molar-refractivity contribution is 6.55. The van der Waals surface area contributed by atoms with Crippen LogP contribution in [0.4, 0.5) is 0 Å². The van der Waals surface area contributed by atoms with E-state index in [1.54, 1.807) is 0 Å². The summed E-state index contributed by atoms with van der Waals surface area (Å²) in [5.74, 6) is -2.20. The minimum atomic E-state index is -0.894. The molecule has 2 aliphatic rings. The monoisotopic (exact) mass is 381 g/mol. The van der Waals surface area contributed by atoms with E-state index in [4.69, 9.17) is 51.2 Å². The van der Waals surface area contributed by atoms with Crippen LogP contribution in [0.1, 0.15) is 40.0 Å². The lowest BCUT2D eigenvalue weighted by atomic mass is 10.1. The third kappa shape index (κ3) is 2.46. The summed E-state index contributed by atoms with van der Waals surface area (Å²) in [5, 5.41) is -0.339. The number of amides is 2. The van der Waals surface area contributed by atoms with Crippen LogP contribution >= 0.6 is 46.4 Å². The molecule has 1 fully saturated rings. The van der Waals surface area contributed by atoms with Gasteiger partial charge in [-0.1, -0.05) is 51.5 Å². The largest absolute Gasteiger partial charge is 0.333 e. The Morgan fingerprint density at radius 1 is 0.955 bits per heavy atom. The fourth-order valence-electron chi connectivity index (χ4n) is 2.11. The van der Waals surface area contributed by atoms with E-state index >= 15 is 0 Å². The highest BCUT2D eigenvalue weighted by Gasteiger charge is 2.44. The summed E-state index contributed by atoms with van der Waals surface area (Å²) in [5.41, 5.74) is -0.435. The van der Waals surface area contributed by atoms with Crippen molar-refractivity contribution in [1.82, 2.24) is 5.06 Å². The first-order chi connectivity index (χ1) is 10.3. The van der Waals surface area contributed by atoms with Crippen LogP contribution in [0.15, 0.2) is 0 Å². The average Bonchev–Trinajstić information content (AvgIpc) is 3.24. The molecule has 0 atom stereocenters. The quantitative estimate of drug-likeness (QED) is 0.447. The summed E-state index contributed by atoms with van der Waals surface area (Å²) in [6.45, 7) is 0. The molecule has 0 saturated heterocycles. The van der Waals surface area contributed by atoms with Gasteiger partial charge in [0, 0.05) is 0 Å². The molecule has 116 valence electrons. The second-order valence-electron chi connectivity index (χ2n) is 5.02. The fourth-order valence-corrected chi connectivity index (χ4v) is 3.12. The van der Waals surface area contributed by atoms with Crippen molar-refractivity contribution in [3.63, 3.8) is 0 Å². The number of hydroxylamine groups is 2. The number of carbonyl (C=O) groups is 3. The Morgan fingerprint density at radius 2 is 1.41 bits per heavy atom. The van der Waals surface area contributed by atoms with E-state index in [2.05, 4.69) is 0 Å². The van der Waals surface area contributed by atoms with Gasteiger partial charge in [0.05, 0.1) is 37.6 Å². The predicted octanol–water partition coefficient (Wildman–Crippen LogP) is 4.15. The van der Waals surface area contributed by atoms with Crippen LogP contribution in [0.25, 0.3) is 0 Å². The van der Waals surface area contributed by atoms with Gasteiger partial charge >= 0.3 is 5.97 Å². The summed E-state index contributed by atoms with van der Waals surface area (Å²) < 4.78 is 0. The summed E-state index contributed by atoms with van der Waals surface area (Å²) in [6, 6.07) is 0. The second kappa shape index (κ2) is 5.57. The molecule has 0 spiro atoms. The average molecular weight is 383 g/mol. The third-order valence-electron chi connectivity index (χ3n) is 3.41. The van der Waals surface area contributed by atoms with Gasteiger partial charge in [0.1, 0.15) is 0 Å². The van der Waals surface area contributed by atoms with Gasteiger partial charge < -0.3 is 4.84 Å². The van der Waals surface area contributed by atoms with Crippen LogP contribution in [-0.2, 0) is 9.63 Å². The van der Waals surface area contributed by atoms with Crippen molar-refractivity contribution >= 4 is 64.2 Å². The maximum atomic E-state index is 12.3. The molecular formula is C13H7Cl4NO4. The normalized spacial score (nSPS) is 17.0. The number of fused-ring (bicyclic) bond motifs is 1. The van der Waals surface area contributed by atoms with E-state index < -0.39 is 17.8 Å². The lowest BCUT2D eigenvalue weighted by molar-refractivity contribution is -0.168. The maximum Gasteiger partial charge on any atom is 0.333 e. The molecule has 1 aromatic carbocycles. The molecule has 0 radical (unpaired) electrons. The van der Waals surface area contributed by atoms with Crippen molar-refractivity contribution in [2.24, 2.45) is 5.92 Å². The molecule has 1 aromatic rings. The van der Waals surface area contributed by atoms with E-state index in [1.165, 1.54) is 0 Å². The first kappa shape index (κ1) is 15.9. The Bertz CT molecular complexity index is 682. The first-order valence-corrected chi connectivity index (χ1v) is 7.79. The molecule has 9 heteroatoms. The molecule has 1 aliphatic heterocycles. The van der Waals surface area contributed by atoms with E-state index in [-0.39, 0.29) is 43.6 Å². The number of benzene rings is 1. The van der Waals surface area contributed by atoms with E-state index in [9.17, 15) is 14.4 Å². The lowest BCUT2D eigenvalue weighted by Crippen LogP contribution is -2.32. The number of nitrogens with zero attached hydrogens (tertiary/aromatic N) is 1. The van der Waals surface area contributed by atoms with Gasteiger partial charge in [-0.2, -0.15) is 0 Å². The van der Waals surface area contributed by atoms with Crippen molar-refractivity contribution in [1.29, 1.82) is 0 Å². The summed E-state index contributed by atoms with van der Waals surface area (Å²) in [7, 11) is 0. The van der Waals surface area contributed by atoms with Crippen LogP contribution in [0.3, 0.4) is 0 Å². The van der Waals surface area contributed by atoms with Gasteiger partial charge in [-0.05, 0) is 18.8 Å². The fraction of sp³-hybridized carbons (Fsp3) is 0.308. The molecule has 0 N–H and O–H groups in total. The van der Waals surface area contributed by atoms with Crippen LogP contribution < -0.4 is 0 Å². The van der Waals surface area contributed by atoms with Gasteiger partial charge in [-0.15, -0.1) is 0 Å². The zero-order valence-corrected chi connectivity index (χ0v) is 13.8. The first-order valence-electron chi connectivity index (χ1n) is 6.28. The van der Waals surface area contributed by atoms with Crippen LogP contribution in [0, 0.1) is 5.92 Å². The Kier molecular flexibility index (Phi) is 4.01. The van der Waals surface area contributed by atoms with Crippen molar-refractivity contribution in [2.75, 3.05) is 0 Å². The summed E-state index contributed by atoms with van der Waals surface area (Å²) in [6.07, 6.45) is 2.01. The van der Waals surface area contributed by atoms with Crippen molar-refractivity contribution in [3.05, 3.63) is 31.2 Å². The molecule has 22 heavy (non-hydrogen) atoms. The van der Waals surface area contributed by atoms with Crippen LogP contribution in [0.2, 0.25) is 20.1 Å². The third-order valence-corrected chi connectivity index (χ3v) is 5.21. The number of rotatable bonds is 3. The molecular weight excluding hydrogens is 376 g/mol. The van der Waals surface area contributed by atoms with Gasteiger partial charge in [0.15, 0.2) is 0 Å². The predicted molar refractivity (Wildman–Crippen MR) is 80.4 cm³/mol. The van der Waals surface area contributed by atoms with Gasteiger partial charge in [-0.25, -0.2) is 4.79 Å². The molecule has 1 saturated carbocycles. The van der Waals surface area contributed by atoms with Crippen molar-refractivity contribution in [2.45, 2.75) is 19.3 Å². The lowest BCUT2D eigenvalue weighted by Gasteiger charge is -2.12. The zero-order chi connectivity index (χ0) is 16.2. The smallest absolute Gasteiger partial charge is 0.330 e. The number of imide groups is 1. The zero-order valence-electron chi connectivity index (χ0n) is 10.8. The van der Waals surface area contributed by atoms with E-state index in [0.29, 0.717) is 5.06 Å². The Hall–Kier alpha value is -1.01. The Labute approximate surface area is 144 Å². The number of hydrogen-bond acceptors (Lipinski definition) is 4. The number of carbonyl (C=O) groups excluding carboxylic acids is 3. The second-order valence-corrected chi connectivity index (χ2v) is 6.53.